The monoisotopic (exact) mass is 366 g/mol. The summed E-state index contributed by atoms with van der Waals surface area (Å²) in [7, 11) is 0. The SMILES string of the molecule is O=C(NC1CCCCC1)C(=NNc1ccc([N+](=O)[O-])cc1)c1ccccc1. The Hall–Kier alpha value is -3.22. The largest absolute Gasteiger partial charge is 0.348 e. The fourth-order valence-corrected chi connectivity index (χ4v) is 3.12. The molecular formula is C20H22N4O3. The van der Waals surface area contributed by atoms with E-state index in [0.717, 1.165) is 25.7 Å². The molecule has 0 bridgehead atoms. The third kappa shape index (κ3) is 5.13. The fraction of sp³-hybridized carbons (Fsp3) is 0.300. The van der Waals surface area contributed by atoms with Crippen molar-refractivity contribution in [2.45, 2.75) is 38.1 Å². The molecule has 1 aliphatic carbocycles. The number of carbonyl (C=O) groups excluding carboxylic acids is 1. The second kappa shape index (κ2) is 8.93. The first kappa shape index (κ1) is 18.6. The molecule has 2 aromatic carbocycles. The number of nitrogens with one attached hydrogen (secondary N) is 2. The average Bonchev–Trinajstić information content (AvgIpc) is 2.70. The predicted molar refractivity (Wildman–Crippen MR) is 105 cm³/mol. The molecular weight excluding hydrogens is 344 g/mol. The van der Waals surface area contributed by atoms with Gasteiger partial charge < -0.3 is 5.32 Å². The first-order valence-electron chi connectivity index (χ1n) is 9.08. The van der Waals surface area contributed by atoms with E-state index in [9.17, 15) is 14.9 Å². The molecule has 7 nitrogen and oxygen atoms in total. The molecule has 1 amide bonds. The molecule has 140 valence electrons. The zero-order chi connectivity index (χ0) is 19.1. The molecule has 0 aromatic heterocycles. The number of nitro groups is 1. The van der Waals surface area contributed by atoms with Crippen LogP contribution in [-0.4, -0.2) is 22.6 Å². The van der Waals surface area contributed by atoms with Gasteiger partial charge >= 0.3 is 0 Å². The van der Waals surface area contributed by atoms with Crippen molar-refractivity contribution in [1.82, 2.24) is 5.32 Å². The van der Waals surface area contributed by atoms with Crippen LogP contribution in [-0.2, 0) is 4.79 Å². The van der Waals surface area contributed by atoms with E-state index in [-0.39, 0.29) is 17.6 Å². The molecule has 27 heavy (non-hydrogen) atoms. The number of anilines is 1. The molecule has 2 aromatic rings. The lowest BCUT2D eigenvalue weighted by Crippen LogP contribution is -2.40. The molecule has 3 rings (SSSR count). The highest BCUT2D eigenvalue weighted by atomic mass is 16.6. The van der Waals surface area contributed by atoms with Crippen LogP contribution in [0.25, 0.3) is 0 Å². The molecule has 0 atom stereocenters. The van der Waals surface area contributed by atoms with Crippen LogP contribution < -0.4 is 10.7 Å². The zero-order valence-electron chi connectivity index (χ0n) is 14.9. The molecule has 7 heteroatoms. The maximum Gasteiger partial charge on any atom is 0.272 e. The van der Waals surface area contributed by atoms with Crippen LogP contribution in [0.3, 0.4) is 0 Å². The van der Waals surface area contributed by atoms with Gasteiger partial charge in [-0.2, -0.15) is 5.10 Å². The van der Waals surface area contributed by atoms with E-state index in [1.54, 1.807) is 12.1 Å². The smallest absolute Gasteiger partial charge is 0.272 e. The Bertz CT molecular complexity index is 813. The standard InChI is InChI=1S/C20H22N4O3/c25-20(21-16-9-5-2-6-10-16)19(15-7-3-1-4-8-15)23-22-17-11-13-18(14-12-17)24(26)27/h1,3-4,7-8,11-14,16,22H,2,5-6,9-10H2,(H,21,25). The topological polar surface area (TPSA) is 96.6 Å². The average molecular weight is 366 g/mol. The lowest BCUT2D eigenvalue weighted by Gasteiger charge is -2.23. The summed E-state index contributed by atoms with van der Waals surface area (Å²) in [6, 6.07) is 15.3. The summed E-state index contributed by atoms with van der Waals surface area (Å²) in [6.45, 7) is 0. The highest BCUT2D eigenvalue weighted by Gasteiger charge is 2.20. The van der Waals surface area contributed by atoms with Gasteiger partial charge in [0.2, 0.25) is 0 Å². The van der Waals surface area contributed by atoms with Gasteiger partial charge in [-0.25, -0.2) is 0 Å². The van der Waals surface area contributed by atoms with Gasteiger partial charge in [0.25, 0.3) is 11.6 Å². The number of carbonyl (C=O) groups is 1. The van der Waals surface area contributed by atoms with Crippen molar-refractivity contribution in [1.29, 1.82) is 0 Å². The summed E-state index contributed by atoms with van der Waals surface area (Å²) in [5.41, 5.74) is 4.40. The van der Waals surface area contributed by atoms with Crippen LogP contribution >= 0.6 is 0 Å². The number of nitro benzene ring substituents is 1. The lowest BCUT2D eigenvalue weighted by molar-refractivity contribution is -0.384. The van der Waals surface area contributed by atoms with Crippen LogP contribution in [0, 0.1) is 10.1 Å². The minimum Gasteiger partial charge on any atom is -0.348 e. The van der Waals surface area contributed by atoms with E-state index >= 15 is 0 Å². The van der Waals surface area contributed by atoms with Gasteiger partial charge in [0.05, 0.1) is 10.6 Å². The van der Waals surface area contributed by atoms with Crippen molar-refractivity contribution < 1.29 is 9.72 Å². The van der Waals surface area contributed by atoms with Crippen molar-refractivity contribution in [3.63, 3.8) is 0 Å². The van der Waals surface area contributed by atoms with Gasteiger partial charge in [0.1, 0.15) is 0 Å². The highest BCUT2D eigenvalue weighted by molar-refractivity contribution is 6.45. The molecule has 0 saturated heterocycles. The van der Waals surface area contributed by atoms with Gasteiger partial charge in [-0.1, -0.05) is 49.6 Å². The van der Waals surface area contributed by atoms with Crippen molar-refractivity contribution in [2.24, 2.45) is 5.10 Å². The normalized spacial score (nSPS) is 15.2. The molecule has 1 aliphatic rings. The Kier molecular flexibility index (Phi) is 6.14. The minimum absolute atomic E-state index is 0.00264. The van der Waals surface area contributed by atoms with E-state index in [1.807, 2.05) is 30.3 Å². The number of nitrogens with zero attached hydrogens (tertiary/aromatic N) is 2. The van der Waals surface area contributed by atoms with Gasteiger partial charge in [0, 0.05) is 23.7 Å². The molecule has 0 aliphatic heterocycles. The van der Waals surface area contributed by atoms with Gasteiger partial charge in [-0.05, 0) is 25.0 Å². The first-order valence-corrected chi connectivity index (χ1v) is 9.08. The molecule has 0 radical (unpaired) electrons. The number of hydrazone groups is 1. The molecule has 1 saturated carbocycles. The fourth-order valence-electron chi connectivity index (χ4n) is 3.12. The molecule has 0 spiro atoms. The predicted octanol–water partition coefficient (Wildman–Crippen LogP) is 3.86. The van der Waals surface area contributed by atoms with E-state index in [0.29, 0.717) is 17.0 Å². The Morgan fingerprint density at radius 2 is 1.67 bits per heavy atom. The van der Waals surface area contributed by atoms with Crippen molar-refractivity contribution in [3.05, 3.63) is 70.3 Å². The number of amides is 1. The Morgan fingerprint density at radius 3 is 2.30 bits per heavy atom. The summed E-state index contributed by atoms with van der Waals surface area (Å²) in [6.07, 6.45) is 5.45. The van der Waals surface area contributed by atoms with Crippen molar-refractivity contribution in [2.75, 3.05) is 5.43 Å². The molecule has 0 heterocycles. The number of hydrogen-bond donors (Lipinski definition) is 2. The number of benzene rings is 2. The summed E-state index contributed by atoms with van der Waals surface area (Å²) in [4.78, 5) is 23.1. The third-order valence-corrected chi connectivity index (χ3v) is 4.58. The second-order valence-electron chi connectivity index (χ2n) is 6.55. The van der Waals surface area contributed by atoms with Gasteiger partial charge in [-0.3, -0.25) is 20.3 Å². The Labute approximate surface area is 157 Å². The van der Waals surface area contributed by atoms with E-state index in [4.69, 9.17) is 0 Å². The van der Waals surface area contributed by atoms with Crippen LogP contribution in [0.4, 0.5) is 11.4 Å². The summed E-state index contributed by atoms with van der Waals surface area (Å²) in [5.74, 6) is -0.220. The van der Waals surface area contributed by atoms with Gasteiger partial charge in [-0.15, -0.1) is 0 Å². The Morgan fingerprint density at radius 1 is 1.00 bits per heavy atom. The quantitative estimate of drug-likeness (QED) is 0.461. The van der Waals surface area contributed by atoms with Crippen LogP contribution in [0.2, 0.25) is 0 Å². The van der Waals surface area contributed by atoms with Crippen LogP contribution in [0.1, 0.15) is 37.7 Å². The van der Waals surface area contributed by atoms with Crippen LogP contribution in [0.5, 0.6) is 0 Å². The maximum absolute atomic E-state index is 12.8. The van der Waals surface area contributed by atoms with Crippen LogP contribution in [0.15, 0.2) is 59.7 Å². The lowest BCUT2D eigenvalue weighted by atomic mass is 9.95. The summed E-state index contributed by atoms with van der Waals surface area (Å²) in [5, 5.41) is 18.1. The maximum atomic E-state index is 12.8. The third-order valence-electron chi connectivity index (χ3n) is 4.58. The minimum atomic E-state index is -0.458. The Balaban J connectivity index is 1.77. The second-order valence-corrected chi connectivity index (χ2v) is 6.55. The summed E-state index contributed by atoms with van der Waals surface area (Å²) >= 11 is 0. The molecule has 0 unspecified atom stereocenters. The van der Waals surface area contributed by atoms with Crippen molar-refractivity contribution >= 4 is 23.0 Å². The molecule has 2 N–H and O–H groups in total. The number of hydrogen-bond acceptors (Lipinski definition) is 5. The number of rotatable bonds is 6. The van der Waals surface area contributed by atoms with E-state index < -0.39 is 4.92 Å². The van der Waals surface area contributed by atoms with E-state index in [1.165, 1.54) is 18.6 Å². The summed E-state index contributed by atoms with van der Waals surface area (Å²) < 4.78 is 0. The molecule has 1 fully saturated rings. The highest BCUT2D eigenvalue weighted by Crippen LogP contribution is 2.18. The zero-order valence-corrected chi connectivity index (χ0v) is 14.9. The number of non-ortho nitro benzene ring substituents is 1. The van der Waals surface area contributed by atoms with Gasteiger partial charge in [0.15, 0.2) is 5.71 Å². The van der Waals surface area contributed by atoms with Crippen molar-refractivity contribution in [3.8, 4) is 0 Å². The van der Waals surface area contributed by atoms with E-state index in [2.05, 4.69) is 15.8 Å². The first-order chi connectivity index (χ1) is 13.1.